The van der Waals surface area contributed by atoms with Crippen LogP contribution in [0.25, 0.3) is 0 Å². The van der Waals surface area contributed by atoms with Crippen molar-refractivity contribution in [3.8, 4) is 0 Å². The highest BCUT2D eigenvalue weighted by Crippen LogP contribution is 2.27. The van der Waals surface area contributed by atoms with E-state index in [9.17, 15) is 0 Å². The van der Waals surface area contributed by atoms with E-state index in [2.05, 4.69) is 44.0 Å². The zero-order chi connectivity index (χ0) is 13.7. The lowest BCUT2D eigenvalue weighted by Gasteiger charge is -2.37. The molecule has 0 amide bonds. The van der Waals surface area contributed by atoms with Gasteiger partial charge in [-0.05, 0) is 26.3 Å². The molecule has 1 rings (SSSR count). The van der Waals surface area contributed by atoms with Gasteiger partial charge < -0.3 is 5.73 Å². The number of rotatable bonds is 7. The van der Waals surface area contributed by atoms with Gasteiger partial charge in [-0.2, -0.15) is 5.10 Å². The normalized spacial score (nSPS) is 15.3. The summed E-state index contributed by atoms with van der Waals surface area (Å²) in [6, 6.07) is 0.987. The van der Waals surface area contributed by atoms with Crippen molar-refractivity contribution in [3.05, 3.63) is 18.0 Å². The third-order valence-corrected chi connectivity index (χ3v) is 3.90. The van der Waals surface area contributed by atoms with Gasteiger partial charge in [0.1, 0.15) is 0 Å². The van der Waals surface area contributed by atoms with E-state index in [0.717, 1.165) is 19.3 Å². The second-order valence-corrected chi connectivity index (χ2v) is 5.10. The summed E-state index contributed by atoms with van der Waals surface area (Å²) in [5.41, 5.74) is 7.55. The van der Waals surface area contributed by atoms with Crippen LogP contribution in [-0.4, -0.2) is 33.8 Å². The molecule has 104 valence electrons. The van der Waals surface area contributed by atoms with Crippen LogP contribution >= 0.6 is 0 Å². The molecule has 1 aromatic rings. The number of hydrogen-bond donors (Lipinski definition) is 1. The number of aromatic nitrogens is 2. The molecule has 1 heterocycles. The van der Waals surface area contributed by atoms with Crippen molar-refractivity contribution in [2.24, 2.45) is 12.8 Å². The maximum Gasteiger partial charge on any atom is 0.0538 e. The smallest absolute Gasteiger partial charge is 0.0538 e. The summed E-state index contributed by atoms with van der Waals surface area (Å²) < 4.78 is 1.85. The average Bonchev–Trinajstić information content (AvgIpc) is 2.77. The molecule has 0 radical (unpaired) electrons. The fourth-order valence-electron chi connectivity index (χ4n) is 2.69. The minimum absolute atomic E-state index is 0.153. The summed E-state index contributed by atoms with van der Waals surface area (Å²) >= 11 is 0. The lowest BCUT2D eigenvalue weighted by Crippen LogP contribution is -2.43. The third kappa shape index (κ3) is 3.33. The molecular weight excluding hydrogens is 224 g/mol. The SMILES string of the molecule is CCC(N)C(c1cnn(C)c1)N(C)C(CC)CC. The number of aryl methyl sites for hydroxylation is 1. The topological polar surface area (TPSA) is 47.1 Å². The van der Waals surface area contributed by atoms with Crippen molar-refractivity contribution in [1.29, 1.82) is 0 Å². The molecule has 0 aromatic carbocycles. The standard InChI is InChI=1S/C14H28N4/c1-6-12(7-2)18(5)14(13(15)8-3)11-9-16-17(4)10-11/h9-10,12-14H,6-8,15H2,1-5H3. The van der Waals surface area contributed by atoms with Crippen LogP contribution in [0.4, 0.5) is 0 Å². The minimum atomic E-state index is 0.153. The summed E-state index contributed by atoms with van der Waals surface area (Å²) in [4.78, 5) is 2.42. The zero-order valence-electron chi connectivity index (χ0n) is 12.4. The van der Waals surface area contributed by atoms with E-state index in [1.807, 2.05) is 17.9 Å². The molecule has 0 aliphatic heterocycles. The Morgan fingerprint density at radius 2 is 1.89 bits per heavy atom. The van der Waals surface area contributed by atoms with E-state index < -0.39 is 0 Å². The molecule has 0 saturated heterocycles. The van der Waals surface area contributed by atoms with Crippen molar-refractivity contribution in [2.75, 3.05) is 7.05 Å². The molecule has 0 fully saturated rings. The molecule has 18 heavy (non-hydrogen) atoms. The highest BCUT2D eigenvalue weighted by Gasteiger charge is 2.27. The molecular formula is C14H28N4. The van der Waals surface area contributed by atoms with Crippen molar-refractivity contribution in [1.82, 2.24) is 14.7 Å². The van der Waals surface area contributed by atoms with Gasteiger partial charge in [-0.3, -0.25) is 9.58 Å². The lowest BCUT2D eigenvalue weighted by atomic mass is 9.96. The number of hydrogen-bond acceptors (Lipinski definition) is 3. The lowest BCUT2D eigenvalue weighted by molar-refractivity contribution is 0.140. The van der Waals surface area contributed by atoms with E-state index in [0.29, 0.717) is 6.04 Å². The first kappa shape index (κ1) is 15.2. The van der Waals surface area contributed by atoms with Crippen LogP contribution in [0.1, 0.15) is 51.6 Å². The maximum absolute atomic E-state index is 6.33. The van der Waals surface area contributed by atoms with Crippen molar-refractivity contribution >= 4 is 0 Å². The Balaban J connectivity index is 2.98. The summed E-state index contributed by atoms with van der Waals surface area (Å²) in [6.07, 6.45) is 7.31. The first-order valence-corrected chi connectivity index (χ1v) is 7.01. The van der Waals surface area contributed by atoms with Crippen LogP contribution < -0.4 is 5.73 Å². The van der Waals surface area contributed by atoms with E-state index in [4.69, 9.17) is 5.73 Å². The van der Waals surface area contributed by atoms with Crippen LogP contribution in [0.2, 0.25) is 0 Å². The van der Waals surface area contributed by atoms with Gasteiger partial charge in [0.15, 0.2) is 0 Å². The maximum atomic E-state index is 6.33. The zero-order valence-corrected chi connectivity index (χ0v) is 12.4. The van der Waals surface area contributed by atoms with Crippen LogP contribution in [0.3, 0.4) is 0 Å². The number of nitrogens with zero attached hydrogens (tertiary/aromatic N) is 3. The Morgan fingerprint density at radius 3 is 2.28 bits per heavy atom. The van der Waals surface area contributed by atoms with Crippen molar-refractivity contribution in [3.63, 3.8) is 0 Å². The second kappa shape index (κ2) is 6.90. The Labute approximate surface area is 111 Å². The van der Waals surface area contributed by atoms with Gasteiger partial charge in [-0.15, -0.1) is 0 Å². The van der Waals surface area contributed by atoms with Crippen LogP contribution in [0, 0.1) is 0 Å². The van der Waals surface area contributed by atoms with E-state index in [1.165, 1.54) is 5.56 Å². The summed E-state index contributed by atoms with van der Waals surface area (Å²) in [5, 5.41) is 4.28. The molecule has 2 unspecified atom stereocenters. The van der Waals surface area contributed by atoms with Gasteiger partial charge >= 0.3 is 0 Å². The number of likely N-dealkylation sites (N-methyl/N-ethyl adjacent to an activating group) is 1. The average molecular weight is 252 g/mol. The molecule has 2 atom stereocenters. The van der Waals surface area contributed by atoms with Crippen LogP contribution in [0.5, 0.6) is 0 Å². The van der Waals surface area contributed by atoms with Gasteiger partial charge in [0, 0.05) is 30.9 Å². The highest BCUT2D eigenvalue weighted by atomic mass is 15.3. The predicted molar refractivity (Wildman–Crippen MR) is 76.3 cm³/mol. The monoisotopic (exact) mass is 252 g/mol. The molecule has 0 aliphatic carbocycles. The Hall–Kier alpha value is -0.870. The molecule has 1 aromatic heterocycles. The molecule has 0 bridgehead atoms. The Morgan fingerprint density at radius 1 is 1.28 bits per heavy atom. The van der Waals surface area contributed by atoms with Gasteiger partial charge in [-0.1, -0.05) is 20.8 Å². The van der Waals surface area contributed by atoms with Crippen molar-refractivity contribution < 1.29 is 0 Å². The molecule has 0 saturated carbocycles. The second-order valence-electron chi connectivity index (χ2n) is 5.10. The van der Waals surface area contributed by atoms with Gasteiger partial charge in [0.05, 0.1) is 12.2 Å². The first-order valence-electron chi connectivity index (χ1n) is 7.01. The first-order chi connectivity index (χ1) is 8.54. The van der Waals surface area contributed by atoms with Gasteiger partial charge in [-0.25, -0.2) is 0 Å². The van der Waals surface area contributed by atoms with Gasteiger partial charge in [0.25, 0.3) is 0 Å². The molecule has 0 spiro atoms. The largest absolute Gasteiger partial charge is 0.326 e. The summed E-state index contributed by atoms with van der Waals surface area (Å²) in [7, 11) is 4.14. The summed E-state index contributed by atoms with van der Waals surface area (Å²) in [5.74, 6) is 0. The quantitative estimate of drug-likeness (QED) is 0.810. The van der Waals surface area contributed by atoms with Crippen LogP contribution in [-0.2, 0) is 7.05 Å². The Bertz CT molecular complexity index is 343. The van der Waals surface area contributed by atoms with E-state index in [1.54, 1.807) is 0 Å². The fourth-order valence-corrected chi connectivity index (χ4v) is 2.69. The van der Waals surface area contributed by atoms with Gasteiger partial charge in [0.2, 0.25) is 0 Å². The molecule has 0 aliphatic rings. The number of nitrogens with two attached hydrogens (primary N) is 1. The third-order valence-electron chi connectivity index (χ3n) is 3.90. The van der Waals surface area contributed by atoms with Crippen LogP contribution in [0.15, 0.2) is 12.4 Å². The fraction of sp³-hybridized carbons (Fsp3) is 0.786. The molecule has 4 nitrogen and oxygen atoms in total. The molecule has 4 heteroatoms. The highest BCUT2D eigenvalue weighted by molar-refractivity contribution is 5.13. The van der Waals surface area contributed by atoms with E-state index >= 15 is 0 Å². The summed E-state index contributed by atoms with van der Waals surface area (Å²) in [6.45, 7) is 6.62. The van der Waals surface area contributed by atoms with E-state index in [-0.39, 0.29) is 12.1 Å². The van der Waals surface area contributed by atoms with Crippen molar-refractivity contribution in [2.45, 2.75) is 58.2 Å². The predicted octanol–water partition coefficient (Wildman–Crippen LogP) is 2.32. The molecule has 2 N–H and O–H groups in total. The minimum Gasteiger partial charge on any atom is -0.326 e. The Kier molecular flexibility index (Phi) is 5.82.